The summed E-state index contributed by atoms with van der Waals surface area (Å²) in [6, 6.07) is 12.0. The van der Waals surface area contributed by atoms with Gasteiger partial charge in [-0.25, -0.2) is 0 Å². The van der Waals surface area contributed by atoms with E-state index in [1.54, 1.807) is 0 Å². The largest absolute Gasteiger partial charge is 0.481 e. The van der Waals surface area contributed by atoms with Gasteiger partial charge in [0.2, 0.25) is 0 Å². The fourth-order valence-electron chi connectivity index (χ4n) is 1.05. The van der Waals surface area contributed by atoms with E-state index in [0.717, 1.165) is 0 Å². The third kappa shape index (κ3) is 8.90. The second-order valence-electron chi connectivity index (χ2n) is 3.39. The van der Waals surface area contributed by atoms with Crippen molar-refractivity contribution in [2.75, 3.05) is 0 Å². The number of carboxylic acid groups (broad SMARTS) is 3. The van der Waals surface area contributed by atoms with E-state index < -0.39 is 36.7 Å². The lowest BCUT2D eigenvalue weighted by Crippen LogP contribution is -2.20. The molecule has 0 unspecified atom stereocenters. The molecule has 0 amide bonds. The third-order valence-corrected chi connectivity index (χ3v) is 1.86. The average molecular weight is 254 g/mol. The van der Waals surface area contributed by atoms with Crippen molar-refractivity contribution >= 4 is 17.9 Å². The molecule has 1 rings (SSSR count). The Morgan fingerprint density at radius 1 is 0.722 bits per heavy atom. The van der Waals surface area contributed by atoms with Crippen LogP contribution in [-0.4, -0.2) is 33.2 Å². The van der Waals surface area contributed by atoms with E-state index in [1.807, 2.05) is 36.4 Å². The molecule has 0 fully saturated rings. The van der Waals surface area contributed by atoms with Gasteiger partial charge in [-0.1, -0.05) is 36.4 Å². The molecule has 18 heavy (non-hydrogen) atoms. The van der Waals surface area contributed by atoms with Gasteiger partial charge in [-0.15, -0.1) is 0 Å². The van der Waals surface area contributed by atoms with E-state index in [0.29, 0.717) is 0 Å². The minimum atomic E-state index is -1.40. The number of hydrogen-bond donors (Lipinski definition) is 3. The summed E-state index contributed by atoms with van der Waals surface area (Å²) in [6.07, 6.45) is -1.33. The van der Waals surface area contributed by atoms with E-state index in [-0.39, 0.29) is 0 Å². The van der Waals surface area contributed by atoms with Crippen LogP contribution in [0.5, 0.6) is 0 Å². The summed E-state index contributed by atoms with van der Waals surface area (Å²) in [6.45, 7) is 0. The highest BCUT2D eigenvalue weighted by atomic mass is 16.4. The van der Waals surface area contributed by atoms with Crippen molar-refractivity contribution in [3.05, 3.63) is 36.4 Å². The van der Waals surface area contributed by atoms with Gasteiger partial charge in [0.05, 0.1) is 18.8 Å². The second kappa shape index (κ2) is 8.74. The number of aliphatic carboxylic acids is 3. The molecule has 0 atom stereocenters. The van der Waals surface area contributed by atoms with Crippen molar-refractivity contribution in [3.8, 4) is 0 Å². The highest BCUT2D eigenvalue weighted by Crippen LogP contribution is 2.08. The predicted octanol–water partition coefficient (Wildman–Crippen LogP) is 1.32. The van der Waals surface area contributed by atoms with E-state index in [1.165, 1.54) is 0 Å². The topological polar surface area (TPSA) is 112 Å². The Balaban J connectivity index is 0.000000397. The first-order valence-electron chi connectivity index (χ1n) is 5.10. The number of rotatable bonds is 5. The predicted molar refractivity (Wildman–Crippen MR) is 62.1 cm³/mol. The van der Waals surface area contributed by atoms with Crippen molar-refractivity contribution in [2.45, 2.75) is 12.8 Å². The van der Waals surface area contributed by atoms with E-state index in [9.17, 15) is 14.4 Å². The fourth-order valence-corrected chi connectivity index (χ4v) is 1.05. The highest BCUT2D eigenvalue weighted by Gasteiger charge is 2.23. The van der Waals surface area contributed by atoms with Crippen molar-refractivity contribution in [1.82, 2.24) is 0 Å². The Morgan fingerprint density at radius 3 is 1.17 bits per heavy atom. The zero-order chi connectivity index (χ0) is 14.0. The molecule has 0 heterocycles. The maximum atomic E-state index is 10.2. The quantitative estimate of drug-likeness (QED) is 0.730. The minimum absolute atomic E-state index is 0.665. The molecule has 0 spiro atoms. The van der Waals surface area contributed by atoms with Gasteiger partial charge in [-0.05, 0) is 0 Å². The number of carbonyl (C=O) groups is 3. The van der Waals surface area contributed by atoms with E-state index in [4.69, 9.17) is 15.3 Å². The zero-order valence-corrected chi connectivity index (χ0v) is 9.52. The molecule has 0 aliphatic rings. The Kier molecular flexibility index (Phi) is 7.59. The summed E-state index contributed by atoms with van der Waals surface area (Å²) < 4.78 is 0. The van der Waals surface area contributed by atoms with Crippen LogP contribution < -0.4 is 0 Å². The summed E-state index contributed by atoms with van der Waals surface area (Å²) in [5.41, 5.74) is 0. The standard InChI is InChI=1S/C6H8O6.C6H6/c7-4(8)1-3(6(11)12)2-5(9)10;1-2-4-6-5-3-1/h3H,1-2H2,(H,7,8)(H,9,10)(H,11,12);1-6H. The molecule has 0 aromatic heterocycles. The van der Waals surface area contributed by atoms with E-state index >= 15 is 0 Å². The molecule has 1 aromatic rings. The Hall–Kier alpha value is -2.37. The van der Waals surface area contributed by atoms with Gasteiger partial charge < -0.3 is 15.3 Å². The van der Waals surface area contributed by atoms with Crippen LogP contribution in [-0.2, 0) is 14.4 Å². The molecule has 0 bridgehead atoms. The Bertz CT molecular complexity index is 344. The number of carboxylic acids is 3. The first kappa shape index (κ1) is 15.6. The monoisotopic (exact) mass is 254 g/mol. The van der Waals surface area contributed by atoms with Gasteiger partial charge in [0.1, 0.15) is 0 Å². The highest BCUT2D eigenvalue weighted by molar-refractivity contribution is 5.82. The first-order valence-corrected chi connectivity index (χ1v) is 5.10. The minimum Gasteiger partial charge on any atom is -0.481 e. The molecule has 0 saturated heterocycles. The smallest absolute Gasteiger partial charge is 0.307 e. The van der Waals surface area contributed by atoms with Crippen LogP contribution in [0, 0.1) is 5.92 Å². The Labute approximate surface area is 103 Å². The maximum Gasteiger partial charge on any atom is 0.307 e. The van der Waals surface area contributed by atoms with Gasteiger partial charge in [0.15, 0.2) is 0 Å². The Morgan fingerprint density at radius 2 is 1.00 bits per heavy atom. The van der Waals surface area contributed by atoms with Gasteiger partial charge in [-0.2, -0.15) is 0 Å². The summed E-state index contributed by atoms with van der Waals surface area (Å²) >= 11 is 0. The molecule has 1 aromatic carbocycles. The van der Waals surface area contributed by atoms with Crippen molar-refractivity contribution in [1.29, 1.82) is 0 Å². The lowest BCUT2D eigenvalue weighted by Gasteiger charge is -2.04. The molecular formula is C12H14O6. The first-order chi connectivity index (χ1) is 8.43. The molecule has 0 aliphatic heterocycles. The molecule has 3 N–H and O–H groups in total. The maximum absolute atomic E-state index is 10.2. The lowest BCUT2D eigenvalue weighted by molar-refractivity contribution is -0.152. The molecule has 6 heteroatoms. The van der Waals surface area contributed by atoms with Crippen LogP contribution in [0.1, 0.15) is 12.8 Å². The zero-order valence-electron chi connectivity index (χ0n) is 9.52. The van der Waals surface area contributed by atoms with Crippen LogP contribution in [0.25, 0.3) is 0 Å². The molecular weight excluding hydrogens is 240 g/mol. The van der Waals surface area contributed by atoms with Gasteiger partial charge >= 0.3 is 17.9 Å². The molecule has 6 nitrogen and oxygen atoms in total. The summed E-state index contributed by atoms with van der Waals surface area (Å²) in [5.74, 6) is -5.38. The van der Waals surface area contributed by atoms with Gasteiger partial charge in [-0.3, -0.25) is 14.4 Å². The number of hydrogen-bond acceptors (Lipinski definition) is 3. The number of benzene rings is 1. The SMILES string of the molecule is O=C(O)CC(CC(=O)O)C(=O)O.c1ccccc1. The van der Waals surface area contributed by atoms with Crippen molar-refractivity contribution < 1.29 is 29.7 Å². The van der Waals surface area contributed by atoms with Crippen LogP contribution in [0.15, 0.2) is 36.4 Å². The van der Waals surface area contributed by atoms with Crippen molar-refractivity contribution in [2.24, 2.45) is 5.92 Å². The van der Waals surface area contributed by atoms with Crippen LogP contribution >= 0.6 is 0 Å². The van der Waals surface area contributed by atoms with Gasteiger partial charge in [0, 0.05) is 0 Å². The fraction of sp³-hybridized carbons (Fsp3) is 0.250. The molecule has 0 radical (unpaired) electrons. The lowest BCUT2D eigenvalue weighted by atomic mass is 10.0. The van der Waals surface area contributed by atoms with Crippen LogP contribution in [0.3, 0.4) is 0 Å². The van der Waals surface area contributed by atoms with Crippen molar-refractivity contribution in [3.63, 3.8) is 0 Å². The van der Waals surface area contributed by atoms with Crippen LogP contribution in [0.2, 0.25) is 0 Å². The average Bonchev–Trinajstić information content (AvgIpc) is 2.30. The third-order valence-electron chi connectivity index (χ3n) is 1.86. The molecule has 0 saturated carbocycles. The molecule has 0 aliphatic carbocycles. The molecule has 98 valence electrons. The summed E-state index contributed by atoms with van der Waals surface area (Å²) in [4.78, 5) is 30.3. The second-order valence-corrected chi connectivity index (χ2v) is 3.39. The summed E-state index contributed by atoms with van der Waals surface area (Å²) in [5, 5.41) is 24.7. The van der Waals surface area contributed by atoms with Crippen LogP contribution in [0.4, 0.5) is 0 Å². The normalized spacial score (nSPS) is 9.17. The van der Waals surface area contributed by atoms with Gasteiger partial charge in [0.25, 0.3) is 0 Å². The summed E-state index contributed by atoms with van der Waals surface area (Å²) in [7, 11) is 0. The van der Waals surface area contributed by atoms with E-state index in [2.05, 4.69) is 0 Å².